The van der Waals surface area contributed by atoms with E-state index in [2.05, 4.69) is 4.74 Å². The van der Waals surface area contributed by atoms with E-state index in [4.69, 9.17) is 0 Å². The molecule has 17 heavy (non-hydrogen) atoms. The van der Waals surface area contributed by atoms with Crippen LogP contribution < -0.4 is 4.74 Å². The second-order valence-electron chi connectivity index (χ2n) is 3.77. The van der Waals surface area contributed by atoms with Gasteiger partial charge in [0.25, 0.3) is 0 Å². The van der Waals surface area contributed by atoms with Gasteiger partial charge < -0.3 is 9.84 Å². The number of thioether (sulfide) groups is 1. The lowest BCUT2D eigenvalue weighted by atomic mass is 10.0. The molecule has 94 valence electrons. The highest BCUT2D eigenvalue weighted by atomic mass is 32.2. The lowest BCUT2D eigenvalue weighted by molar-refractivity contribution is -0.274. The molecular weight excluding hydrogens is 253 g/mol. The standard InChI is InChI=1S/C11H11F3O2S/c12-11(13,14)16-8-2-1-7-6-17-4-3-10(15)9(7)5-8/h1-2,5,10,15H,3-4,6H2/t10-/m0/s1. The van der Waals surface area contributed by atoms with E-state index < -0.39 is 12.5 Å². The predicted molar refractivity (Wildman–Crippen MR) is 58.9 cm³/mol. The van der Waals surface area contributed by atoms with Crippen molar-refractivity contribution in [3.63, 3.8) is 0 Å². The summed E-state index contributed by atoms with van der Waals surface area (Å²) in [7, 11) is 0. The molecule has 1 N–H and O–H groups in total. The maximum Gasteiger partial charge on any atom is 0.573 e. The topological polar surface area (TPSA) is 29.5 Å². The molecule has 1 atom stereocenters. The van der Waals surface area contributed by atoms with Crippen LogP contribution in [0.4, 0.5) is 13.2 Å². The third kappa shape index (κ3) is 3.29. The summed E-state index contributed by atoms with van der Waals surface area (Å²) in [5, 5.41) is 9.81. The van der Waals surface area contributed by atoms with Gasteiger partial charge in [0.05, 0.1) is 6.10 Å². The number of aliphatic hydroxyl groups is 1. The average molecular weight is 264 g/mol. The summed E-state index contributed by atoms with van der Waals surface area (Å²) in [5.41, 5.74) is 1.41. The van der Waals surface area contributed by atoms with Crippen LogP contribution in [0.25, 0.3) is 0 Å². The number of alkyl halides is 3. The number of fused-ring (bicyclic) bond motifs is 1. The monoisotopic (exact) mass is 264 g/mol. The molecule has 0 amide bonds. The first-order valence-electron chi connectivity index (χ1n) is 5.10. The third-order valence-corrected chi connectivity index (χ3v) is 3.54. The van der Waals surface area contributed by atoms with Crippen molar-refractivity contribution >= 4 is 11.8 Å². The van der Waals surface area contributed by atoms with E-state index in [1.807, 2.05) is 0 Å². The van der Waals surface area contributed by atoms with Gasteiger partial charge in [0.2, 0.25) is 0 Å². The van der Waals surface area contributed by atoms with Gasteiger partial charge in [0.1, 0.15) is 5.75 Å². The van der Waals surface area contributed by atoms with Crippen LogP contribution in [-0.2, 0) is 5.75 Å². The van der Waals surface area contributed by atoms with Crippen LogP contribution in [0.15, 0.2) is 18.2 Å². The molecule has 0 saturated heterocycles. The molecule has 0 aromatic heterocycles. The van der Waals surface area contributed by atoms with E-state index in [0.717, 1.165) is 11.3 Å². The fourth-order valence-electron chi connectivity index (χ4n) is 1.74. The smallest absolute Gasteiger partial charge is 0.406 e. The van der Waals surface area contributed by atoms with Crippen molar-refractivity contribution in [2.75, 3.05) is 5.75 Å². The van der Waals surface area contributed by atoms with Gasteiger partial charge in [-0.25, -0.2) is 0 Å². The Morgan fingerprint density at radius 3 is 2.82 bits per heavy atom. The van der Waals surface area contributed by atoms with Crippen LogP contribution in [-0.4, -0.2) is 17.2 Å². The first-order chi connectivity index (χ1) is 7.96. The molecule has 0 bridgehead atoms. The molecule has 0 unspecified atom stereocenters. The molecule has 0 aliphatic carbocycles. The summed E-state index contributed by atoms with van der Waals surface area (Å²) in [6.45, 7) is 0. The zero-order chi connectivity index (χ0) is 12.5. The minimum absolute atomic E-state index is 0.276. The van der Waals surface area contributed by atoms with Crippen LogP contribution >= 0.6 is 11.8 Å². The molecule has 1 heterocycles. The lowest BCUT2D eigenvalue weighted by Crippen LogP contribution is -2.17. The molecule has 1 aliphatic heterocycles. The Bertz CT molecular complexity index is 406. The van der Waals surface area contributed by atoms with Gasteiger partial charge in [-0.05, 0) is 35.4 Å². The number of hydrogen-bond acceptors (Lipinski definition) is 3. The van der Waals surface area contributed by atoms with Crippen LogP contribution in [0.1, 0.15) is 23.7 Å². The fourth-order valence-corrected chi connectivity index (χ4v) is 2.76. The Kier molecular flexibility index (Phi) is 3.53. The Labute approximate surface area is 101 Å². The van der Waals surface area contributed by atoms with Crippen LogP contribution in [0, 0.1) is 0 Å². The van der Waals surface area contributed by atoms with E-state index in [1.165, 1.54) is 12.1 Å². The average Bonchev–Trinajstić information content (AvgIpc) is 2.39. The summed E-state index contributed by atoms with van der Waals surface area (Å²) in [5.74, 6) is 1.23. The van der Waals surface area contributed by atoms with Gasteiger partial charge in [0.15, 0.2) is 0 Å². The van der Waals surface area contributed by atoms with Crippen LogP contribution in [0.2, 0.25) is 0 Å². The number of hydrogen-bond donors (Lipinski definition) is 1. The van der Waals surface area contributed by atoms with Crippen LogP contribution in [0.3, 0.4) is 0 Å². The molecule has 0 saturated carbocycles. The first-order valence-corrected chi connectivity index (χ1v) is 6.25. The lowest BCUT2D eigenvalue weighted by Gasteiger charge is -2.14. The third-order valence-electron chi connectivity index (χ3n) is 2.50. The Hall–Kier alpha value is -0.880. The molecule has 0 spiro atoms. The molecule has 1 aliphatic rings. The van der Waals surface area contributed by atoms with Crippen molar-refractivity contribution in [2.45, 2.75) is 24.6 Å². The first kappa shape index (κ1) is 12.6. The van der Waals surface area contributed by atoms with Crippen molar-refractivity contribution in [1.29, 1.82) is 0 Å². The maximum atomic E-state index is 12.1. The highest BCUT2D eigenvalue weighted by Gasteiger charge is 2.31. The summed E-state index contributed by atoms with van der Waals surface area (Å²) in [6.07, 6.45) is -4.86. The predicted octanol–water partition coefficient (Wildman–Crippen LogP) is 3.26. The van der Waals surface area contributed by atoms with E-state index in [9.17, 15) is 18.3 Å². The summed E-state index contributed by atoms with van der Waals surface area (Å²) >= 11 is 1.66. The van der Waals surface area contributed by atoms with Gasteiger partial charge in [-0.15, -0.1) is 13.2 Å². The minimum atomic E-state index is -4.70. The summed E-state index contributed by atoms with van der Waals surface area (Å²) < 4.78 is 40.0. The molecule has 6 heteroatoms. The van der Waals surface area contributed by atoms with Gasteiger partial charge in [-0.3, -0.25) is 0 Å². The highest BCUT2D eigenvalue weighted by molar-refractivity contribution is 7.98. The number of rotatable bonds is 1. The zero-order valence-corrected chi connectivity index (χ0v) is 9.64. The van der Waals surface area contributed by atoms with Crippen LogP contribution in [0.5, 0.6) is 5.75 Å². The van der Waals surface area contributed by atoms with E-state index in [-0.39, 0.29) is 5.75 Å². The minimum Gasteiger partial charge on any atom is -0.406 e. The Morgan fingerprint density at radius 1 is 1.35 bits per heavy atom. The van der Waals surface area contributed by atoms with Crippen molar-refractivity contribution in [3.8, 4) is 5.75 Å². The number of benzene rings is 1. The molecule has 1 aromatic rings. The number of ether oxygens (including phenoxy) is 1. The zero-order valence-electron chi connectivity index (χ0n) is 8.83. The van der Waals surface area contributed by atoms with Crippen molar-refractivity contribution in [1.82, 2.24) is 0 Å². The fraction of sp³-hybridized carbons (Fsp3) is 0.455. The Balaban J connectivity index is 2.28. The largest absolute Gasteiger partial charge is 0.573 e. The summed E-state index contributed by atoms with van der Waals surface area (Å²) in [6, 6.07) is 4.14. The number of halogens is 3. The maximum absolute atomic E-state index is 12.1. The van der Waals surface area contributed by atoms with Crippen molar-refractivity contribution in [2.24, 2.45) is 0 Å². The summed E-state index contributed by atoms with van der Waals surface area (Å²) in [4.78, 5) is 0. The molecule has 0 radical (unpaired) electrons. The number of aliphatic hydroxyl groups excluding tert-OH is 1. The molecule has 0 fully saturated rings. The van der Waals surface area contributed by atoms with Gasteiger partial charge in [-0.1, -0.05) is 6.07 Å². The highest BCUT2D eigenvalue weighted by Crippen LogP contribution is 2.34. The SMILES string of the molecule is O[C@H]1CCSCc2ccc(OC(F)(F)F)cc21. The Morgan fingerprint density at radius 2 is 2.12 bits per heavy atom. The second-order valence-corrected chi connectivity index (χ2v) is 4.87. The van der Waals surface area contributed by atoms with Crippen molar-refractivity contribution in [3.05, 3.63) is 29.3 Å². The van der Waals surface area contributed by atoms with Gasteiger partial charge in [0, 0.05) is 5.75 Å². The van der Waals surface area contributed by atoms with Gasteiger partial charge >= 0.3 is 6.36 Å². The molecule has 1 aromatic carbocycles. The normalized spacial score (nSPS) is 20.6. The van der Waals surface area contributed by atoms with E-state index in [0.29, 0.717) is 17.7 Å². The second kappa shape index (κ2) is 4.78. The van der Waals surface area contributed by atoms with Gasteiger partial charge in [-0.2, -0.15) is 11.8 Å². The molecule has 2 rings (SSSR count). The quantitative estimate of drug-likeness (QED) is 0.844. The van der Waals surface area contributed by atoms with E-state index >= 15 is 0 Å². The molecular formula is C11H11F3O2S. The van der Waals surface area contributed by atoms with Crippen molar-refractivity contribution < 1.29 is 23.0 Å². The molecule has 2 nitrogen and oxygen atoms in total. The van der Waals surface area contributed by atoms with E-state index in [1.54, 1.807) is 17.8 Å².